The molecule has 4 aliphatic heterocycles. The van der Waals surface area contributed by atoms with Crippen molar-refractivity contribution in [3.63, 3.8) is 0 Å². The highest BCUT2D eigenvalue weighted by molar-refractivity contribution is 7.81. The number of nitrogens with two attached hydrogens (primary N) is 1. The summed E-state index contributed by atoms with van der Waals surface area (Å²) in [6.45, 7) is -2.89. The Morgan fingerprint density at radius 1 is 0.556 bits per heavy atom. The van der Waals surface area contributed by atoms with E-state index in [0.717, 1.165) is 0 Å². The lowest BCUT2D eigenvalue weighted by Crippen LogP contribution is -2.69. The van der Waals surface area contributed by atoms with Gasteiger partial charge in [-0.05, 0) is 0 Å². The van der Waals surface area contributed by atoms with Crippen LogP contribution in [0.2, 0.25) is 0 Å². The number of aliphatic carboxylic acids is 2. The van der Waals surface area contributed by atoms with Crippen molar-refractivity contribution in [1.82, 2.24) is 0 Å². The summed E-state index contributed by atoms with van der Waals surface area (Å²) < 4.78 is 110. The van der Waals surface area contributed by atoms with E-state index in [2.05, 4.69) is 8.37 Å². The Hall–Kier alpha value is -1.96. The fourth-order valence-corrected chi connectivity index (χ4v) is 6.75. The molecule has 54 heavy (non-hydrogen) atoms. The van der Waals surface area contributed by atoms with Crippen molar-refractivity contribution in [3.8, 4) is 0 Å². The van der Waals surface area contributed by atoms with Gasteiger partial charge in [0.2, 0.25) is 0 Å². The van der Waals surface area contributed by atoms with E-state index in [1.807, 2.05) is 0 Å². The first kappa shape index (κ1) is 44.8. The maximum absolute atomic E-state index is 12.3. The van der Waals surface area contributed by atoms with Crippen LogP contribution >= 0.6 is 0 Å². The number of aliphatic hydroxyl groups is 8. The van der Waals surface area contributed by atoms with E-state index in [-0.39, 0.29) is 0 Å². The van der Waals surface area contributed by atoms with E-state index in [1.54, 1.807) is 0 Å². The molecule has 19 atom stereocenters. The number of rotatable bonds is 15. The molecule has 4 saturated heterocycles. The van der Waals surface area contributed by atoms with Crippen LogP contribution < -0.4 is 5.73 Å². The largest absolute Gasteiger partial charge is 0.479 e. The van der Waals surface area contributed by atoms with Gasteiger partial charge >= 0.3 is 32.7 Å². The average molecular weight is 838 g/mol. The number of carbonyl (C=O) groups is 2. The molecule has 0 aliphatic carbocycles. The van der Waals surface area contributed by atoms with E-state index in [4.69, 9.17) is 43.4 Å². The molecule has 0 radical (unpaired) electrons. The van der Waals surface area contributed by atoms with Gasteiger partial charge in [-0.1, -0.05) is 0 Å². The second-order valence-electron chi connectivity index (χ2n) is 12.2. The van der Waals surface area contributed by atoms with Gasteiger partial charge in [0.15, 0.2) is 37.2 Å². The zero-order chi connectivity index (χ0) is 40.6. The monoisotopic (exact) mass is 837 g/mol. The molecule has 14 N–H and O–H groups in total. The van der Waals surface area contributed by atoms with Crippen molar-refractivity contribution < 1.29 is 128 Å². The zero-order valence-electron chi connectivity index (χ0n) is 27.0. The summed E-state index contributed by atoms with van der Waals surface area (Å²) in [7, 11) is -10.9. The van der Waals surface area contributed by atoms with Gasteiger partial charge in [0.1, 0.15) is 73.2 Å². The molecule has 0 spiro atoms. The Morgan fingerprint density at radius 2 is 1.07 bits per heavy atom. The Labute approximate surface area is 302 Å². The smallest absolute Gasteiger partial charge is 0.397 e. The van der Waals surface area contributed by atoms with Gasteiger partial charge in [0.25, 0.3) is 0 Å². The maximum Gasteiger partial charge on any atom is 0.397 e. The van der Waals surface area contributed by atoms with Crippen LogP contribution in [0.25, 0.3) is 0 Å². The normalized spacial score (nSPS) is 44.9. The summed E-state index contributed by atoms with van der Waals surface area (Å²) in [4.78, 5) is 23.9. The quantitative estimate of drug-likeness (QED) is 0.0681. The molecule has 314 valence electrons. The summed E-state index contributed by atoms with van der Waals surface area (Å²) in [6.07, 6.45) is -38.0. The highest BCUT2D eigenvalue weighted by Gasteiger charge is 2.57. The minimum Gasteiger partial charge on any atom is -0.479 e. The number of carboxylic acids is 2. The minimum atomic E-state index is -5.53. The third-order valence-corrected chi connectivity index (χ3v) is 9.48. The first-order valence-corrected chi connectivity index (χ1v) is 18.1. The van der Waals surface area contributed by atoms with Gasteiger partial charge in [-0.2, -0.15) is 16.8 Å². The molecule has 0 amide bonds. The summed E-state index contributed by atoms with van der Waals surface area (Å²) >= 11 is 0. The molecule has 0 bridgehead atoms. The molecule has 0 unspecified atom stereocenters. The van der Waals surface area contributed by atoms with Crippen LogP contribution in [0.5, 0.6) is 0 Å². The molecule has 30 heteroatoms. The molecule has 4 heterocycles. The zero-order valence-corrected chi connectivity index (χ0v) is 28.6. The van der Waals surface area contributed by atoms with E-state index in [9.17, 15) is 82.0 Å². The topological polar surface area (TPSA) is 454 Å². The van der Waals surface area contributed by atoms with Crippen LogP contribution in [0, 0.1) is 0 Å². The summed E-state index contributed by atoms with van der Waals surface area (Å²) in [5.41, 5.74) is 6.03. The summed E-state index contributed by atoms with van der Waals surface area (Å²) in [6, 6.07) is -1.99. The van der Waals surface area contributed by atoms with Gasteiger partial charge < -0.3 is 90.0 Å². The van der Waals surface area contributed by atoms with Gasteiger partial charge in [-0.15, -0.1) is 0 Å². The predicted molar refractivity (Wildman–Crippen MR) is 157 cm³/mol. The number of aliphatic hydroxyl groups excluding tert-OH is 8. The fourth-order valence-electron chi connectivity index (χ4n) is 5.96. The highest BCUT2D eigenvalue weighted by Crippen LogP contribution is 2.35. The van der Waals surface area contributed by atoms with Crippen molar-refractivity contribution >= 4 is 32.7 Å². The standard InChI is InChI=1S/C24H39NO27S2/c25-7-9(29)15(48-24-18(52-54(41,42)43)11(31)10(30)17(50-24)20(34)35)6(3-44-53(38,39)40)46-22(7)49-16-12(32)13(33)23(51-19(16)21(36)37)47-14-5(2-27)45-4(1-26)8(14)28/h4-19,22-24,26-33H,1-3,25H2,(H,34,35)(H,36,37)(H,38,39,40)(H,41,42,43)/t4-,5-,6-,7-,8-,9-,10+,11+,12-,13-,14-,15-,16+,17-,18-,19-,22-,23-,24-/m1/s1. The Bertz CT molecular complexity index is 1520. The minimum absolute atomic E-state index is 0.738. The van der Waals surface area contributed by atoms with Crippen molar-refractivity contribution in [2.45, 2.75) is 116 Å². The number of carboxylic acid groups (broad SMARTS) is 2. The van der Waals surface area contributed by atoms with Gasteiger partial charge in [-0.25, -0.2) is 18.0 Å². The summed E-state index contributed by atoms with van der Waals surface area (Å²) in [5, 5.41) is 102. The van der Waals surface area contributed by atoms with Gasteiger partial charge in [-0.3, -0.25) is 9.11 Å². The number of hydrogen-bond donors (Lipinski definition) is 13. The predicted octanol–water partition coefficient (Wildman–Crippen LogP) is -9.26. The lowest BCUT2D eigenvalue weighted by atomic mass is 9.95. The lowest BCUT2D eigenvalue weighted by molar-refractivity contribution is -0.362. The average Bonchev–Trinajstić information content (AvgIpc) is 3.38. The highest BCUT2D eigenvalue weighted by atomic mass is 32.3. The van der Waals surface area contributed by atoms with Crippen molar-refractivity contribution in [3.05, 3.63) is 0 Å². The molecule has 0 aromatic heterocycles. The molecule has 0 aromatic rings. The van der Waals surface area contributed by atoms with Crippen LogP contribution in [0.4, 0.5) is 0 Å². The maximum atomic E-state index is 12.3. The van der Waals surface area contributed by atoms with Gasteiger partial charge in [0, 0.05) is 0 Å². The van der Waals surface area contributed by atoms with Crippen LogP contribution in [0.15, 0.2) is 0 Å². The molecule has 0 aromatic carbocycles. The molecule has 4 fully saturated rings. The van der Waals surface area contributed by atoms with Gasteiger partial charge in [0.05, 0.1) is 25.9 Å². The Morgan fingerprint density at radius 3 is 1.61 bits per heavy atom. The van der Waals surface area contributed by atoms with E-state index >= 15 is 0 Å². The molecule has 4 rings (SSSR count). The fraction of sp³-hybridized carbons (Fsp3) is 0.917. The van der Waals surface area contributed by atoms with Crippen LogP contribution in [-0.4, -0.2) is 225 Å². The Balaban J connectivity index is 1.59. The van der Waals surface area contributed by atoms with Crippen LogP contribution in [0.1, 0.15) is 0 Å². The molecular formula is C24H39NO27S2. The van der Waals surface area contributed by atoms with Crippen molar-refractivity contribution in [2.24, 2.45) is 5.73 Å². The van der Waals surface area contributed by atoms with E-state index in [1.165, 1.54) is 0 Å². The van der Waals surface area contributed by atoms with Crippen molar-refractivity contribution in [2.75, 3.05) is 19.8 Å². The SMILES string of the molecule is N[C@H]1[C@@H](O[C@H]2[C@H](O)[C@@H](O)[C@H](O[C@H]3[C@H](O)[C@@H](CO)O[C@@H]3CO)O[C@H]2C(=O)O)O[C@H](COS(=O)(=O)O)[C@@H](O[C@@H]2O[C@@H](C(=O)O)[C@@H](O)[C@H](O)[C@H]2OS(=O)(=O)O)[C@@H]1O. The molecule has 28 nitrogen and oxygen atoms in total. The lowest BCUT2D eigenvalue weighted by Gasteiger charge is -2.48. The number of ether oxygens (including phenoxy) is 7. The van der Waals surface area contributed by atoms with Crippen LogP contribution in [0.3, 0.4) is 0 Å². The van der Waals surface area contributed by atoms with E-state index < -0.39 is 169 Å². The molecular weight excluding hydrogens is 798 g/mol. The van der Waals surface area contributed by atoms with Crippen LogP contribution in [-0.2, 0) is 71.9 Å². The third-order valence-electron chi connectivity index (χ3n) is 8.58. The van der Waals surface area contributed by atoms with Crippen molar-refractivity contribution in [1.29, 1.82) is 0 Å². The summed E-state index contributed by atoms with van der Waals surface area (Å²) in [5.74, 6) is -3.84. The second kappa shape index (κ2) is 17.7. The third kappa shape index (κ3) is 10.1. The first-order chi connectivity index (χ1) is 25.0. The second-order valence-corrected chi connectivity index (χ2v) is 14.3. The molecule has 4 aliphatic rings. The van der Waals surface area contributed by atoms with E-state index in [0.29, 0.717) is 0 Å². The number of hydrogen-bond acceptors (Lipinski definition) is 24. The first-order valence-electron chi connectivity index (χ1n) is 15.4. The Kier molecular flexibility index (Phi) is 14.6. The molecule has 0 saturated carbocycles.